The van der Waals surface area contributed by atoms with Gasteiger partial charge in [-0.2, -0.15) is 0 Å². The highest BCUT2D eigenvalue weighted by atomic mass is 19.4. The number of carbonyl (C=O) groups is 1. The van der Waals surface area contributed by atoms with Gasteiger partial charge in [0.25, 0.3) is 0 Å². The molecule has 138 valence electrons. The Bertz CT molecular complexity index is 803. The number of carboxylic acid groups (broad SMARTS) is 1. The molecule has 0 saturated carbocycles. The molecule has 0 aromatic heterocycles. The minimum atomic E-state index is -4.75. The smallest absolute Gasteiger partial charge is 0.476 e. The molecule has 0 bridgehead atoms. The Labute approximate surface area is 145 Å². The van der Waals surface area contributed by atoms with Crippen LogP contribution in [0.4, 0.5) is 13.2 Å². The van der Waals surface area contributed by atoms with E-state index in [-0.39, 0.29) is 11.5 Å². The lowest BCUT2D eigenvalue weighted by atomic mass is 10.1. The van der Waals surface area contributed by atoms with Gasteiger partial charge in [0.2, 0.25) is 5.88 Å². The predicted octanol–water partition coefficient (Wildman–Crippen LogP) is 2.31. The monoisotopic (exact) mass is 369 g/mol. The third kappa shape index (κ3) is 5.05. The maximum Gasteiger partial charge on any atom is 0.573 e. The van der Waals surface area contributed by atoms with Crippen molar-refractivity contribution in [3.05, 3.63) is 60.1 Å². The molecule has 7 nitrogen and oxygen atoms in total. The van der Waals surface area contributed by atoms with Crippen molar-refractivity contribution < 1.29 is 32.5 Å². The molecule has 0 atom stereocenters. The van der Waals surface area contributed by atoms with E-state index in [1.54, 1.807) is 12.1 Å². The van der Waals surface area contributed by atoms with Crippen molar-refractivity contribution in [2.45, 2.75) is 6.36 Å². The highest BCUT2D eigenvalue weighted by Crippen LogP contribution is 2.27. The van der Waals surface area contributed by atoms with E-state index in [1.807, 2.05) is 5.43 Å². The van der Waals surface area contributed by atoms with Gasteiger partial charge in [-0.3, -0.25) is 5.84 Å². The van der Waals surface area contributed by atoms with Crippen LogP contribution in [0, 0.1) is 0 Å². The van der Waals surface area contributed by atoms with E-state index in [9.17, 15) is 18.0 Å². The van der Waals surface area contributed by atoms with Crippen molar-refractivity contribution in [1.82, 2.24) is 5.43 Å². The van der Waals surface area contributed by atoms with E-state index >= 15 is 0 Å². The van der Waals surface area contributed by atoms with Gasteiger partial charge in [-0.25, -0.2) is 4.79 Å². The minimum Gasteiger partial charge on any atom is -0.476 e. The molecule has 0 amide bonds. The number of hydrogen-bond donors (Lipinski definition) is 4. The molecule has 0 spiro atoms. The van der Waals surface area contributed by atoms with Gasteiger partial charge < -0.3 is 25.7 Å². The van der Waals surface area contributed by atoms with Crippen LogP contribution in [-0.4, -0.2) is 17.4 Å². The first-order chi connectivity index (χ1) is 12.2. The van der Waals surface area contributed by atoms with Gasteiger partial charge in [0, 0.05) is 0 Å². The molecular weight excluding hydrogens is 355 g/mol. The van der Waals surface area contributed by atoms with Crippen LogP contribution in [-0.2, 0) is 4.79 Å². The molecule has 2 aromatic rings. The Morgan fingerprint density at radius 3 is 1.81 bits per heavy atom. The average Bonchev–Trinajstić information content (AvgIpc) is 2.55. The maximum absolute atomic E-state index is 12.1. The summed E-state index contributed by atoms with van der Waals surface area (Å²) in [6.45, 7) is 0. The van der Waals surface area contributed by atoms with E-state index in [1.165, 1.54) is 36.4 Å². The van der Waals surface area contributed by atoms with Crippen molar-refractivity contribution in [1.29, 1.82) is 0 Å². The fourth-order valence-electron chi connectivity index (χ4n) is 1.98. The molecule has 0 unspecified atom stereocenters. The van der Waals surface area contributed by atoms with Crippen LogP contribution in [0.2, 0.25) is 0 Å². The SMILES string of the molecule is NN/C(C(=O)O)=C(\N)Oc1ccc(-c2ccc(OC(F)(F)F)cc2)cc1. The summed E-state index contributed by atoms with van der Waals surface area (Å²) in [5.74, 6) is 3.16. The highest BCUT2D eigenvalue weighted by Gasteiger charge is 2.30. The summed E-state index contributed by atoms with van der Waals surface area (Å²) < 4.78 is 45.4. The predicted molar refractivity (Wildman–Crippen MR) is 85.4 cm³/mol. The standard InChI is InChI=1S/C16H14F3N3O4/c17-16(18,19)26-12-7-3-10(4-8-12)9-1-5-11(6-2-9)25-14(20)13(22-21)15(23)24/h1-8,22H,20-21H2,(H,23,24)/b14-13+. The number of rotatable bonds is 6. The van der Waals surface area contributed by atoms with E-state index in [4.69, 9.17) is 21.4 Å². The van der Waals surface area contributed by atoms with Crippen LogP contribution in [0.3, 0.4) is 0 Å². The molecule has 0 aliphatic heterocycles. The Morgan fingerprint density at radius 1 is 0.962 bits per heavy atom. The van der Waals surface area contributed by atoms with Crippen molar-refractivity contribution in [3.8, 4) is 22.6 Å². The Hall–Kier alpha value is -3.40. The van der Waals surface area contributed by atoms with E-state index in [2.05, 4.69) is 4.74 Å². The molecule has 0 fully saturated rings. The van der Waals surface area contributed by atoms with Crippen LogP contribution in [0.5, 0.6) is 11.5 Å². The lowest BCUT2D eigenvalue weighted by Crippen LogP contribution is -2.31. The van der Waals surface area contributed by atoms with Gasteiger partial charge >= 0.3 is 12.3 Å². The number of halogens is 3. The van der Waals surface area contributed by atoms with Gasteiger partial charge in [0.1, 0.15) is 11.5 Å². The number of hydrogen-bond acceptors (Lipinski definition) is 6. The van der Waals surface area contributed by atoms with Gasteiger partial charge in [0.05, 0.1) is 0 Å². The summed E-state index contributed by atoms with van der Waals surface area (Å²) in [6.07, 6.45) is -4.75. The van der Waals surface area contributed by atoms with E-state index in [0.717, 1.165) is 0 Å². The lowest BCUT2D eigenvalue weighted by Gasteiger charge is -2.11. The number of hydrazine groups is 1. The Balaban J connectivity index is 2.13. The number of nitrogens with two attached hydrogens (primary N) is 2. The third-order valence-corrected chi connectivity index (χ3v) is 3.11. The number of nitrogens with one attached hydrogen (secondary N) is 1. The number of ether oxygens (including phenoxy) is 2. The fourth-order valence-corrected chi connectivity index (χ4v) is 1.98. The van der Waals surface area contributed by atoms with Gasteiger partial charge in [0.15, 0.2) is 5.70 Å². The minimum absolute atomic E-state index is 0.247. The van der Waals surface area contributed by atoms with Crippen molar-refractivity contribution >= 4 is 5.97 Å². The summed E-state index contributed by atoms with van der Waals surface area (Å²) in [7, 11) is 0. The van der Waals surface area contributed by atoms with Crippen molar-refractivity contribution in [2.75, 3.05) is 0 Å². The lowest BCUT2D eigenvalue weighted by molar-refractivity contribution is -0.274. The molecule has 26 heavy (non-hydrogen) atoms. The van der Waals surface area contributed by atoms with Gasteiger partial charge in [-0.1, -0.05) is 24.3 Å². The normalized spacial score (nSPS) is 12.2. The van der Waals surface area contributed by atoms with Crippen LogP contribution in [0.15, 0.2) is 60.1 Å². The molecule has 0 aliphatic rings. The molecule has 0 heterocycles. The van der Waals surface area contributed by atoms with E-state index < -0.39 is 23.9 Å². The fraction of sp³-hybridized carbons (Fsp3) is 0.0625. The van der Waals surface area contributed by atoms with Crippen molar-refractivity contribution in [3.63, 3.8) is 0 Å². The third-order valence-electron chi connectivity index (χ3n) is 3.11. The quantitative estimate of drug-likeness (QED) is 0.267. The summed E-state index contributed by atoms with van der Waals surface area (Å²) in [5.41, 5.74) is 8.25. The molecule has 0 aliphatic carbocycles. The first-order valence-electron chi connectivity index (χ1n) is 7.03. The Kier molecular flexibility index (Phi) is 5.58. The molecule has 0 radical (unpaired) electrons. The largest absolute Gasteiger partial charge is 0.573 e. The van der Waals surface area contributed by atoms with Crippen molar-refractivity contribution in [2.24, 2.45) is 11.6 Å². The first kappa shape index (κ1) is 18.9. The second-order valence-electron chi connectivity index (χ2n) is 4.89. The molecule has 0 saturated heterocycles. The zero-order valence-corrected chi connectivity index (χ0v) is 13.1. The number of alkyl halides is 3. The zero-order chi connectivity index (χ0) is 19.3. The molecule has 10 heteroatoms. The summed E-state index contributed by atoms with van der Waals surface area (Å²) in [4.78, 5) is 10.9. The molecule has 6 N–H and O–H groups in total. The topological polar surface area (TPSA) is 120 Å². The summed E-state index contributed by atoms with van der Waals surface area (Å²) >= 11 is 0. The number of aliphatic carboxylic acids is 1. The second-order valence-corrected chi connectivity index (χ2v) is 4.89. The molecule has 2 aromatic carbocycles. The van der Waals surface area contributed by atoms with Gasteiger partial charge in [-0.15, -0.1) is 13.2 Å². The number of carboxylic acids is 1. The zero-order valence-electron chi connectivity index (χ0n) is 13.1. The number of benzene rings is 2. The molecular formula is C16H14F3N3O4. The van der Waals surface area contributed by atoms with Gasteiger partial charge in [-0.05, 0) is 35.4 Å². The maximum atomic E-state index is 12.1. The van der Waals surface area contributed by atoms with E-state index in [0.29, 0.717) is 11.1 Å². The van der Waals surface area contributed by atoms with Crippen LogP contribution < -0.4 is 26.5 Å². The van der Waals surface area contributed by atoms with Crippen LogP contribution in [0.1, 0.15) is 0 Å². The molecule has 2 rings (SSSR count). The second kappa shape index (κ2) is 7.66. The summed E-state index contributed by atoms with van der Waals surface area (Å²) in [6, 6.07) is 11.6. The highest BCUT2D eigenvalue weighted by molar-refractivity contribution is 5.86. The Morgan fingerprint density at radius 2 is 1.42 bits per heavy atom. The first-order valence-corrected chi connectivity index (χ1v) is 7.03. The van der Waals surface area contributed by atoms with Crippen LogP contribution in [0.25, 0.3) is 11.1 Å². The summed E-state index contributed by atoms with van der Waals surface area (Å²) in [5, 5.41) is 8.87. The average molecular weight is 369 g/mol. The van der Waals surface area contributed by atoms with Crippen LogP contribution >= 0.6 is 0 Å².